The van der Waals surface area contributed by atoms with Gasteiger partial charge in [-0.2, -0.15) is 0 Å². The Balaban J connectivity index is 1.23. The third kappa shape index (κ3) is 9.39. The van der Waals surface area contributed by atoms with Gasteiger partial charge in [0.05, 0.1) is 35.8 Å². The molecule has 1 saturated heterocycles. The number of hydrogen-bond acceptors (Lipinski definition) is 9. The second-order valence-electron chi connectivity index (χ2n) is 11.0. The largest absolute Gasteiger partial charge is 0.478 e. The van der Waals surface area contributed by atoms with Gasteiger partial charge < -0.3 is 36.1 Å². The van der Waals surface area contributed by atoms with Crippen LogP contribution < -0.4 is 16.4 Å². The number of nitrogens with one attached hydrogen (secondary N) is 2. The molecule has 0 spiro atoms. The van der Waals surface area contributed by atoms with E-state index in [2.05, 4.69) is 15.6 Å². The lowest BCUT2D eigenvalue weighted by molar-refractivity contribution is -0.245. The van der Waals surface area contributed by atoms with Crippen LogP contribution in [0.15, 0.2) is 96.2 Å². The number of thioether (sulfide) groups is 1. The van der Waals surface area contributed by atoms with Crippen LogP contribution in [-0.4, -0.2) is 44.8 Å². The number of hydrogen-bond donors (Lipinski definition) is 5. The minimum absolute atomic E-state index is 0.0681. The van der Waals surface area contributed by atoms with Crippen LogP contribution in [0.1, 0.15) is 65.1 Å². The van der Waals surface area contributed by atoms with E-state index >= 15 is 0 Å². The summed E-state index contributed by atoms with van der Waals surface area (Å²) in [6.07, 6.45) is 1.31. The number of aliphatic hydroxyl groups is 1. The van der Waals surface area contributed by atoms with Crippen molar-refractivity contribution in [2.45, 2.75) is 55.8 Å². The van der Waals surface area contributed by atoms with Crippen LogP contribution in [0.2, 0.25) is 0 Å². The number of nitrogens with zero attached hydrogens (tertiary/aromatic N) is 1. The lowest BCUT2D eigenvalue weighted by atomic mass is 10.0. The molecular formula is C35H36N4O7S. The van der Waals surface area contributed by atoms with Crippen LogP contribution in [-0.2, 0) is 25.7 Å². The zero-order chi connectivity index (χ0) is 33.2. The summed E-state index contributed by atoms with van der Waals surface area (Å²) >= 11 is 1.31. The summed E-state index contributed by atoms with van der Waals surface area (Å²) < 4.78 is 12.8. The Bertz CT molecular complexity index is 1700. The van der Waals surface area contributed by atoms with E-state index in [0.29, 0.717) is 46.2 Å². The first kappa shape index (κ1) is 33.6. The van der Waals surface area contributed by atoms with Gasteiger partial charge in [-0.3, -0.25) is 9.59 Å². The lowest BCUT2D eigenvalue weighted by Crippen LogP contribution is -2.31. The second kappa shape index (κ2) is 16.2. The Labute approximate surface area is 276 Å². The third-order valence-electron chi connectivity index (χ3n) is 7.51. The highest BCUT2D eigenvalue weighted by atomic mass is 32.2. The molecule has 0 saturated carbocycles. The van der Waals surface area contributed by atoms with Gasteiger partial charge in [0.1, 0.15) is 5.03 Å². The van der Waals surface area contributed by atoms with E-state index in [9.17, 15) is 24.6 Å². The highest BCUT2D eigenvalue weighted by Gasteiger charge is 2.33. The zero-order valence-corrected chi connectivity index (χ0v) is 26.3. The molecule has 4 aromatic rings. The van der Waals surface area contributed by atoms with Crippen LogP contribution >= 0.6 is 11.8 Å². The zero-order valence-electron chi connectivity index (χ0n) is 25.5. The predicted molar refractivity (Wildman–Crippen MR) is 179 cm³/mol. The number of carboxylic acids is 1. The third-order valence-corrected chi connectivity index (χ3v) is 8.64. The number of carbonyl (C=O) groups is 3. The fraction of sp³-hybridized carbons (Fsp3) is 0.257. The maximum atomic E-state index is 12.7. The number of aromatic carboxylic acids is 1. The Hall–Kier alpha value is -4.75. The van der Waals surface area contributed by atoms with Crippen LogP contribution in [0.5, 0.6) is 0 Å². The number of carbonyl (C=O) groups excluding carboxylic acids is 2. The second-order valence-corrected chi connectivity index (χ2v) is 12.0. The molecule has 2 amide bonds. The van der Waals surface area contributed by atoms with Gasteiger partial charge in [0.2, 0.25) is 11.8 Å². The molecule has 2 heterocycles. The average Bonchev–Trinajstić information content (AvgIpc) is 3.08. The molecule has 3 atom stereocenters. The summed E-state index contributed by atoms with van der Waals surface area (Å²) in [6.45, 7) is -0.0681. The van der Waals surface area contributed by atoms with Gasteiger partial charge in [0.15, 0.2) is 6.29 Å². The molecule has 1 aliphatic heterocycles. The number of aromatic nitrogens is 1. The monoisotopic (exact) mass is 656 g/mol. The van der Waals surface area contributed by atoms with E-state index in [1.807, 2.05) is 30.3 Å². The molecule has 5 rings (SSSR count). The van der Waals surface area contributed by atoms with E-state index < -0.39 is 12.3 Å². The van der Waals surface area contributed by atoms with Crippen LogP contribution in [0, 0.1) is 0 Å². The van der Waals surface area contributed by atoms with Crippen molar-refractivity contribution in [3.05, 3.63) is 113 Å². The van der Waals surface area contributed by atoms with E-state index in [-0.39, 0.29) is 49.0 Å². The molecule has 6 N–H and O–H groups in total. The minimum Gasteiger partial charge on any atom is -0.478 e. The number of nitrogen functional groups attached to an aromatic ring is 1. The average molecular weight is 657 g/mol. The molecule has 3 aromatic carbocycles. The van der Waals surface area contributed by atoms with Gasteiger partial charge in [-0.25, -0.2) is 9.78 Å². The van der Waals surface area contributed by atoms with E-state index in [4.69, 9.17) is 15.2 Å². The summed E-state index contributed by atoms with van der Waals surface area (Å²) in [5.41, 5.74) is 9.97. The Morgan fingerprint density at radius 2 is 1.66 bits per heavy atom. The van der Waals surface area contributed by atoms with Gasteiger partial charge in [0, 0.05) is 42.5 Å². The van der Waals surface area contributed by atoms with Crippen LogP contribution in [0.4, 0.5) is 17.1 Å². The highest BCUT2D eigenvalue weighted by molar-refractivity contribution is 7.99. The first-order valence-corrected chi connectivity index (χ1v) is 16.1. The number of ether oxygens (including phenoxy) is 2. The van der Waals surface area contributed by atoms with Gasteiger partial charge in [-0.05, 0) is 53.9 Å². The van der Waals surface area contributed by atoms with Gasteiger partial charge in [-0.1, -0.05) is 48.5 Å². The number of aliphatic hydroxyl groups excluding tert-OH is 1. The standard InChI is InChI=1S/C35H36N4O7S/c36-28-9-1-2-10-29(28)39-32(42)12-4-11-31(41)38-25-7-3-6-24(18-25)35-45-26(21-47-33-27(34(43)44)8-5-17-37-33)19-30(46-35)23-15-13-22(20-40)14-16-23/h1-3,5-10,13-18,26,30,35,40H,4,11-12,19-21,36H2,(H,38,41)(H,39,42)(H,43,44)/t26-,30+,35+/m1/s1. The molecule has 0 radical (unpaired) electrons. The van der Waals surface area contributed by atoms with Crippen LogP contribution in [0.25, 0.3) is 0 Å². The molecular weight excluding hydrogens is 620 g/mol. The topological polar surface area (TPSA) is 173 Å². The Kier molecular flexibility index (Phi) is 11.6. The number of rotatable bonds is 13. The fourth-order valence-corrected chi connectivity index (χ4v) is 6.09. The van der Waals surface area contributed by atoms with Crippen molar-refractivity contribution in [1.82, 2.24) is 4.98 Å². The summed E-state index contributed by atoms with van der Waals surface area (Å²) in [5.74, 6) is -1.07. The van der Waals surface area contributed by atoms with Crippen molar-refractivity contribution in [3.63, 3.8) is 0 Å². The summed E-state index contributed by atoms with van der Waals surface area (Å²) in [4.78, 5) is 41.0. The van der Waals surface area contributed by atoms with Gasteiger partial charge >= 0.3 is 5.97 Å². The maximum Gasteiger partial charge on any atom is 0.338 e. The van der Waals surface area contributed by atoms with Gasteiger partial charge in [0.25, 0.3) is 0 Å². The number of anilines is 3. The molecule has 244 valence electrons. The van der Waals surface area contributed by atoms with Crippen molar-refractivity contribution in [3.8, 4) is 0 Å². The smallest absolute Gasteiger partial charge is 0.338 e. The number of para-hydroxylation sites is 2. The SMILES string of the molecule is Nc1ccccc1NC(=O)CCCC(=O)Nc1cccc([C@H]2O[C@@H](CSc3ncccc3C(=O)O)C[C@@H](c3ccc(CO)cc3)O2)c1. The van der Waals surface area contributed by atoms with E-state index in [1.54, 1.807) is 54.7 Å². The summed E-state index contributed by atoms with van der Waals surface area (Å²) in [7, 11) is 0. The molecule has 1 aliphatic rings. The quantitative estimate of drug-likeness (QED) is 0.0856. The molecule has 47 heavy (non-hydrogen) atoms. The van der Waals surface area contributed by atoms with Crippen molar-refractivity contribution < 1.29 is 34.1 Å². The summed E-state index contributed by atoms with van der Waals surface area (Å²) in [6, 6.07) is 24.8. The normalized spacial score (nSPS) is 17.5. The summed E-state index contributed by atoms with van der Waals surface area (Å²) in [5, 5.41) is 25.1. The van der Waals surface area contributed by atoms with E-state index in [0.717, 1.165) is 11.1 Å². The number of nitrogens with two attached hydrogens (primary N) is 1. The van der Waals surface area contributed by atoms with Crippen LogP contribution in [0.3, 0.4) is 0 Å². The predicted octanol–water partition coefficient (Wildman–Crippen LogP) is 5.94. The Morgan fingerprint density at radius 1 is 0.894 bits per heavy atom. The fourth-order valence-electron chi connectivity index (χ4n) is 5.08. The van der Waals surface area contributed by atoms with Crippen molar-refractivity contribution in [2.75, 3.05) is 22.1 Å². The molecule has 1 fully saturated rings. The Morgan fingerprint density at radius 3 is 2.40 bits per heavy atom. The first-order chi connectivity index (χ1) is 22.8. The first-order valence-electron chi connectivity index (χ1n) is 15.1. The minimum atomic E-state index is -1.05. The number of benzene rings is 3. The highest BCUT2D eigenvalue weighted by Crippen LogP contribution is 2.40. The lowest BCUT2D eigenvalue weighted by Gasteiger charge is -2.36. The van der Waals surface area contributed by atoms with Crippen molar-refractivity contribution in [2.24, 2.45) is 0 Å². The molecule has 0 unspecified atom stereocenters. The number of amides is 2. The molecule has 11 nitrogen and oxygen atoms in total. The number of carboxylic acid groups (broad SMARTS) is 1. The number of pyridine rings is 1. The van der Waals surface area contributed by atoms with E-state index in [1.165, 1.54) is 17.8 Å². The maximum absolute atomic E-state index is 12.7. The van der Waals surface area contributed by atoms with Gasteiger partial charge in [-0.15, -0.1) is 11.8 Å². The molecule has 0 aliphatic carbocycles. The van der Waals surface area contributed by atoms with Crippen molar-refractivity contribution in [1.29, 1.82) is 0 Å². The molecule has 0 bridgehead atoms. The molecule has 12 heteroatoms. The van der Waals surface area contributed by atoms with Crippen molar-refractivity contribution >= 4 is 46.6 Å². The molecule has 1 aromatic heterocycles.